The number of nitrogens with one attached hydrogen (secondary N) is 2. The number of rotatable bonds is 5. The topological polar surface area (TPSA) is 76.1 Å². The quantitative estimate of drug-likeness (QED) is 0.886. The van der Waals surface area contributed by atoms with E-state index in [2.05, 4.69) is 20.6 Å². The Morgan fingerprint density at radius 3 is 2.82 bits per heavy atom. The Morgan fingerprint density at radius 1 is 1.27 bits per heavy atom. The molecule has 1 amide bonds. The number of ether oxygens (including phenoxy) is 1. The van der Waals surface area contributed by atoms with Crippen LogP contribution in [0.3, 0.4) is 0 Å². The number of carbonyl (C=O) groups is 1. The third-order valence-corrected chi connectivity index (χ3v) is 3.33. The third kappa shape index (κ3) is 3.52. The van der Waals surface area contributed by atoms with Crippen LogP contribution in [-0.4, -0.2) is 29.0 Å². The van der Waals surface area contributed by atoms with E-state index in [-0.39, 0.29) is 5.91 Å². The van der Waals surface area contributed by atoms with Gasteiger partial charge in [0.15, 0.2) is 0 Å². The summed E-state index contributed by atoms with van der Waals surface area (Å²) in [5.74, 6) is 1.74. The summed E-state index contributed by atoms with van der Waals surface area (Å²) in [7, 11) is 1.62. The van der Waals surface area contributed by atoms with E-state index in [1.165, 1.54) is 0 Å². The van der Waals surface area contributed by atoms with Gasteiger partial charge >= 0.3 is 0 Å². The van der Waals surface area contributed by atoms with E-state index in [9.17, 15) is 4.79 Å². The maximum absolute atomic E-state index is 12.1. The Morgan fingerprint density at radius 2 is 2.09 bits per heavy atom. The molecule has 22 heavy (non-hydrogen) atoms. The number of aryl methyl sites for hydroxylation is 1. The lowest BCUT2D eigenvalue weighted by molar-refractivity contribution is 0.0945. The van der Waals surface area contributed by atoms with Crippen LogP contribution in [0.4, 0.5) is 11.5 Å². The SMILES string of the molecule is COc1cccc(Nc2cc(C(=O)NC3CC3)nc(C)n2)c1. The van der Waals surface area contributed by atoms with Crippen molar-refractivity contribution in [3.8, 4) is 5.75 Å². The Hall–Kier alpha value is -2.63. The minimum atomic E-state index is -0.151. The smallest absolute Gasteiger partial charge is 0.270 e. The lowest BCUT2D eigenvalue weighted by Crippen LogP contribution is -2.26. The number of carbonyl (C=O) groups excluding carboxylic acids is 1. The molecule has 2 aromatic rings. The van der Waals surface area contributed by atoms with Gasteiger partial charge in [0.05, 0.1) is 7.11 Å². The second kappa shape index (κ2) is 6.01. The molecule has 0 saturated heterocycles. The van der Waals surface area contributed by atoms with Gasteiger partial charge in [-0.25, -0.2) is 9.97 Å². The van der Waals surface area contributed by atoms with Crippen molar-refractivity contribution in [3.05, 3.63) is 41.9 Å². The molecule has 0 aliphatic heterocycles. The molecule has 114 valence electrons. The number of amides is 1. The highest BCUT2D eigenvalue weighted by molar-refractivity contribution is 5.93. The number of hydrogen-bond donors (Lipinski definition) is 2. The van der Waals surface area contributed by atoms with Crippen LogP contribution in [0.25, 0.3) is 0 Å². The van der Waals surface area contributed by atoms with Gasteiger partial charge in [-0.3, -0.25) is 4.79 Å². The molecule has 0 bridgehead atoms. The predicted octanol–water partition coefficient (Wildman–Crippen LogP) is 2.43. The zero-order valence-electron chi connectivity index (χ0n) is 12.6. The van der Waals surface area contributed by atoms with Crippen molar-refractivity contribution >= 4 is 17.4 Å². The zero-order valence-corrected chi connectivity index (χ0v) is 12.6. The maximum Gasteiger partial charge on any atom is 0.270 e. The molecule has 1 aliphatic carbocycles. The van der Waals surface area contributed by atoms with Crippen LogP contribution in [0.15, 0.2) is 30.3 Å². The van der Waals surface area contributed by atoms with Gasteiger partial charge in [-0.1, -0.05) is 6.07 Å². The van der Waals surface area contributed by atoms with Crippen molar-refractivity contribution in [2.45, 2.75) is 25.8 Å². The summed E-state index contributed by atoms with van der Waals surface area (Å²) in [6.45, 7) is 1.77. The van der Waals surface area contributed by atoms with E-state index in [0.29, 0.717) is 23.4 Å². The van der Waals surface area contributed by atoms with E-state index < -0.39 is 0 Å². The summed E-state index contributed by atoms with van der Waals surface area (Å²) in [5, 5.41) is 6.10. The number of benzene rings is 1. The average Bonchev–Trinajstić information content (AvgIpc) is 3.30. The summed E-state index contributed by atoms with van der Waals surface area (Å²) in [5.41, 5.74) is 1.22. The molecule has 0 spiro atoms. The monoisotopic (exact) mass is 298 g/mol. The van der Waals surface area contributed by atoms with Crippen LogP contribution in [-0.2, 0) is 0 Å². The van der Waals surface area contributed by atoms with Crippen LogP contribution < -0.4 is 15.4 Å². The summed E-state index contributed by atoms with van der Waals surface area (Å²) in [6.07, 6.45) is 2.09. The van der Waals surface area contributed by atoms with Crippen molar-refractivity contribution in [3.63, 3.8) is 0 Å². The molecule has 6 heteroatoms. The van der Waals surface area contributed by atoms with Crippen molar-refractivity contribution in [1.82, 2.24) is 15.3 Å². The van der Waals surface area contributed by atoms with E-state index in [0.717, 1.165) is 24.3 Å². The lowest BCUT2D eigenvalue weighted by Gasteiger charge is -2.10. The zero-order chi connectivity index (χ0) is 15.5. The third-order valence-electron chi connectivity index (χ3n) is 3.33. The van der Waals surface area contributed by atoms with Gasteiger partial charge in [0.1, 0.15) is 23.1 Å². The molecule has 1 aromatic carbocycles. The molecule has 3 rings (SSSR count). The fourth-order valence-corrected chi connectivity index (χ4v) is 2.08. The van der Waals surface area contributed by atoms with Gasteiger partial charge in [-0.05, 0) is 31.9 Å². The lowest BCUT2D eigenvalue weighted by atomic mass is 10.3. The van der Waals surface area contributed by atoms with Crippen LogP contribution in [0.5, 0.6) is 5.75 Å². The summed E-state index contributed by atoms with van der Waals surface area (Å²) in [4.78, 5) is 20.6. The standard InChI is InChI=1S/C16H18N4O2/c1-10-17-14(16(21)20-11-6-7-11)9-15(18-10)19-12-4-3-5-13(8-12)22-2/h3-5,8-9,11H,6-7H2,1-2H3,(H,20,21)(H,17,18,19). The Labute approximate surface area is 128 Å². The molecular weight excluding hydrogens is 280 g/mol. The number of anilines is 2. The molecule has 0 atom stereocenters. The van der Waals surface area contributed by atoms with Crippen molar-refractivity contribution in [2.75, 3.05) is 12.4 Å². The van der Waals surface area contributed by atoms with Crippen LogP contribution >= 0.6 is 0 Å². The molecular formula is C16H18N4O2. The predicted molar refractivity (Wildman–Crippen MR) is 83.5 cm³/mol. The fraction of sp³-hybridized carbons (Fsp3) is 0.312. The number of aromatic nitrogens is 2. The summed E-state index contributed by atoms with van der Waals surface area (Å²) in [6, 6.07) is 9.48. The fourth-order valence-electron chi connectivity index (χ4n) is 2.08. The highest BCUT2D eigenvalue weighted by Gasteiger charge is 2.24. The molecule has 1 fully saturated rings. The molecule has 1 heterocycles. The summed E-state index contributed by atoms with van der Waals surface area (Å²) < 4.78 is 5.19. The molecule has 1 aromatic heterocycles. The Balaban J connectivity index is 1.80. The minimum absolute atomic E-state index is 0.151. The molecule has 2 N–H and O–H groups in total. The summed E-state index contributed by atoms with van der Waals surface area (Å²) >= 11 is 0. The molecule has 0 unspecified atom stereocenters. The minimum Gasteiger partial charge on any atom is -0.497 e. The van der Waals surface area contributed by atoms with E-state index in [1.54, 1.807) is 20.1 Å². The second-order valence-corrected chi connectivity index (χ2v) is 5.29. The molecule has 1 saturated carbocycles. The first kappa shape index (κ1) is 14.3. The first-order chi connectivity index (χ1) is 10.6. The Bertz CT molecular complexity index is 698. The van der Waals surface area contributed by atoms with Gasteiger partial charge in [0, 0.05) is 23.9 Å². The van der Waals surface area contributed by atoms with Crippen LogP contribution in [0, 0.1) is 6.92 Å². The normalized spacial score (nSPS) is 13.5. The number of nitrogens with zero attached hydrogens (tertiary/aromatic N) is 2. The van der Waals surface area contributed by atoms with Crippen molar-refractivity contribution in [1.29, 1.82) is 0 Å². The number of methoxy groups -OCH3 is 1. The molecule has 6 nitrogen and oxygen atoms in total. The molecule has 1 aliphatic rings. The van der Waals surface area contributed by atoms with E-state index in [1.807, 2.05) is 24.3 Å². The van der Waals surface area contributed by atoms with E-state index >= 15 is 0 Å². The van der Waals surface area contributed by atoms with Gasteiger partial charge in [0.25, 0.3) is 5.91 Å². The van der Waals surface area contributed by atoms with Crippen molar-refractivity contribution < 1.29 is 9.53 Å². The van der Waals surface area contributed by atoms with Gasteiger partial charge in [-0.2, -0.15) is 0 Å². The molecule has 0 radical (unpaired) electrons. The largest absolute Gasteiger partial charge is 0.497 e. The first-order valence-corrected chi connectivity index (χ1v) is 7.21. The number of hydrogen-bond acceptors (Lipinski definition) is 5. The second-order valence-electron chi connectivity index (χ2n) is 5.29. The van der Waals surface area contributed by atoms with Crippen LogP contribution in [0.2, 0.25) is 0 Å². The van der Waals surface area contributed by atoms with Gasteiger partial charge in [0.2, 0.25) is 0 Å². The highest BCUT2D eigenvalue weighted by Crippen LogP contribution is 2.22. The van der Waals surface area contributed by atoms with Crippen LogP contribution in [0.1, 0.15) is 29.2 Å². The maximum atomic E-state index is 12.1. The Kier molecular flexibility index (Phi) is 3.91. The first-order valence-electron chi connectivity index (χ1n) is 7.21. The van der Waals surface area contributed by atoms with Gasteiger partial charge < -0.3 is 15.4 Å². The van der Waals surface area contributed by atoms with Crippen molar-refractivity contribution in [2.24, 2.45) is 0 Å². The van der Waals surface area contributed by atoms with E-state index in [4.69, 9.17) is 4.74 Å². The average molecular weight is 298 g/mol. The highest BCUT2D eigenvalue weighted by atomic mass is 16.5. The van der Waals surface area contributed by atoms with Gasteiger partial charge in [-0.15, -0.1) is 0 Å².